The topological polar surface area (TPSA) is 92.6 Å². The second-order valence-electron chi connectivity index (χ2n) is 7.54. The van der Waals surface area contributed by atoms with Crippen LogP contribution in [-0.4, -0.2) is 50.0 Å². The normalized spacial score (nSPS) is 23.5. The van der Waals surface area contributed by atoms with Crippen LogP contribution in [0.25, 0.3) is 0 Å². The lowest BCUT2D eigenvalue weighted by molar-refractivity contribution is 0.143. The molecule has 4 rings (SSSR count). The van der Waals surface area contributed by atoms with E-state index >= 15 is 0 Å². The lowest BCUT2D eigenvalue weighted by atomic mass is 10.1. The fraction of sp³-hybridized carbons (Fsp3) is 0.474. The number of ether oxygens (including phenoxy) is 1. The van der Waals surface area contributed by atoms with Crippen molar-refractivity contribution in [1.29, 1.82) is 0 Å². The third-order valence-corrected chi connectivity index (χ3v) is 5.56. The Labute approximate surface area is 171 Å². The monoisotopic (exact) mass is 420 g/mol. The van der Waals surface area contributed by atoms with E-state index in [9.17, 15) is 18.4 Å². The van der Waals surface area contributed by atoms with E-state index in [1.165, 1.54) is 12.3 Å². The molecule has 9 nitrogen and oxygen atoms in total. The van der Waals surface area contributed by atoms with Crippen LogP contribution in [0.15, 0.2) is 24.5 Å². The van der Waals surface area contributed by atoms with Crippen LogP contribution >= 0.6 is 0 Å². The molecule has 0 bridgehead atoms. The summed E-state index contributed by atoms with van der Waals surface area (Å²) in [6, 6.07) is 1.81. The molecule has 0 radical (unpaired) electrons. The van der Waals surface area contributed by atoms with Gasteiger partial charge in [-0.25, -0.2) is 18.4 Å². The molecule has 0 aliphatic carbocycles. The highest BCUT2D eigenvalue weighted by atomic mass is 19.3. The number of pyridine rings is 1. The van der Waals surface area contributed by atoms with E-state index in [0.29, 0.717) is 17.9 Å². The molecule has 3 atom stereocenters. The standard InChI is InChI=1S/C19H22F2N6O3/c1-10-8-26-16(15(7-23-26)27-11(2)12(3)30-19(27)29)9-25(10)18(28)24-13-4-5-22-14(6-13)17(20)21/h4-7,10-12,17H,8-9H2,1-3H3,(H,22,24,28)/t10-,11-,12+/m0/s1. The number of amides is 3. The number of rotatable bonds is 3. The molecule has 160 valence electrons. The Bertz CT molecular complexity index is 981. The molecule has 30 heavy (non-hydrogen) atoms. The van der Waals surface area contributed by atoms with Crippen molar-refractivity contribution in [3.63, 3.8) is 0 Å². The molecule has 11 heteroatoms. The molecule has 0 saturated carbocycles. The first-order valence-corrected chi connectivity index (χ1v) is 9.62. The third kappa shape index (κ3) is 3.44. The van der Waals surface area contributed by atoms with Crippen molar-refractivity contribution >= 4 is 23.5 Å². The first-order chi connectivity index (χ1) is 14.3. The van der Waals surface area contributed by atoms with E-state index in [1.54, 1.807) is 20.7 Å². The smallest absolute Gasteiger partial charge is 0.415 e. The minimum atomic E-state index is -2.72. The van der Waals surface area contributed by atoms with Crippen LogP contribution in [0.4, 0.5) is 29.7 Å². The minimum absolute atomic E-state index is 0.169. The summed E-state index contributed by atoms with van der Waals surface area (Å²) in [5.41, 5.74) is 1.15. The predicted octanol–water partition coefficient (Wildman–Crippen LogP) is 3.39. The van der Waals surface area contributed by atoms with Gasteiger partial charge in [-0.05, 0) is 32.9 Å². The third-order valence-electron chi connectivity index (χ3n) is 5.56. The largest absolute Gasteiger partial charge is 0.444 e. The maximum absolute atomic E-state index is 12.9. The van der Waals surface area contributed by atoms with E-state index in [-0.39, 0.29) is 30.4 Å². The van der Waals surface area contributed by atoms with Gasteiger partial charge in [0.2, 0.25) is 0 Å². The Kier molecular flexibility index (Phi) is 5.04. The Morgan fingerprint density at radius 3 is 2.77 bits per heavy atom. The van der Waals surface area contributed by atoms with Crippen molar-refractivity contribution in [2.24, 2.45) is 0 Å². The van der Waals surface area contributed by atoms with Gasteiger partial charge >= 0.3 is 12.1 Å². The van der Waals surface area contributed by atoms with Gasteiger partial charge in [0.1, 0.15) is 11.8 Å². The highest BCUT2D eigenvalue weighted by molar-refractivity contribution is 5.92. The fourth-order valence-electron chi connectivity index (χ4n) is 3.71. The van der Waals surface area contributed by atoms with Gasteiger partial charge in [-0.1, -0.05) is 0 Å². The van der Waals surface area contributed by atoms with Crippen LogP contribution < -0.4 is 10.2 Å². The zero-order chi connectivity index (χ0) is 21.6. The molecule has 3 amide bonds. The molecule has 2 aromatic heterocycles. The van der Waals surface area contributed by atoms with E-state index < -0.39 is 24.2 Å². The summed E-state index contributed by atoms with van der Waals surface area (Å²) >= 11 is 0. The summed E-state index contributed by atoms with van der Waals surface area (Å²) in [7, 11) is 0. The van der Waals surface area contributed by atoms with Crippen LogP contribution in [0.2, 0.25) is 0 Å². The Morgan fingerprint density at radius 1 is 1.33 bits per heavy atom. The van der Waals surface area contributed by atoms with Crippen LogP contribution in [0, 0.1) is 0 Å². The van der Waals surface area contributed by atoms with Crippen molar-refractivity contribution in [2.75, 3.05) is 10.2 Å². The number of urea groups is 1. The van der Waals surface area contributed by atoms with E-state index in [0.717, 1.165) is 6.07 Å². The average Bonchev–Trinajstić information content (AvgIpc) is 3.20. The lowest BCUT2D eigenvalue weighted by Gasteiger charge is -2.35. The number of aromatic nitrogens is 3. The quantitative estimate of drug-likeness (QED) is 0.822. The van der Waals surface area contributed by atoms with Crippen LogP contribution in [0.1, 0.15) is 38.6 Å². The average molecular weight is 420 g/mol. The molecule has 0 aromatic carbocycles. The SMILES string of the molecule is C[C@H]1OC(=O)N(c2cnn3c2CN(C(=O)Nc2ccnc(C(F)F)c2)[C@@H](C)C3)[C@H]1C. The van der Waals surface area contributed by atoms with Gasteiger partial charge < -0.3 is 15.0 Å². The van der Waals surface area contributed by atoms with E-state index in [2.05, 4.69) is 15.4 Å². The van der Waals surface area contributed by atoms with Gasteiger partial charge in [0.25, 0.3) is 6.43 Å². The number of hydrogen-bond donors (Lipinski definition) is 1. The summed E-state index contributed by atoms with van der Waals surface area (Å²) in [5, 5.41) is 7.02. The molecule has 1 fully saturated rings. The Morgan fingerprint density at radius 2 is 2.10 bits per heavy atom. The summed E-state index contributed by atoms with van der Waals surface area (Å²) < 4.78 is 32.8. The van der Waals surface area contributed by atoms with Crippen molar-refractivity contribution in [3.8, 4) is 0 Å². The number of fused-ring (bicyclic) bond motifs is 1. The number of alkyl halides is 2. The second kappa shape index (κ2) is 7.54. The summed E-state index contributed by atoms with van der Waals surface area (Å²) in [4.78, 5) is 31.9. The molecular weight excluding hydrogens is 398 g/mol. The van der Waals surface area contributed by atoms with Crippen molar-refractivity contribution in [2.45, 2.75) is 58.5 Å². The first-order valence-electron chi connectivity index (χ1n) is 9.62. The molecule has 2 aliphatic rings. The Balaban J connectivity index is 1.56. The van der Waals surface area contributed by atoms with Gasteiger partial charge in [-0.15, -0.1) is 0 Å². The Hall–Kier alpha value is -3.24. The van der Waals surface area contributed by atoms with Crippen molar-refractivity contribution in [1.82, 2.24) is 19.7 Å². The van der Waals surface area contributed by atoms with Crippen molar-refractivity contribution < 1.29 is 23.1 Å². The number of cyclic esters (lactones) is 1. The fourth-order valence-corrected chi connectivity index (χ4v) is 3.71. The molecule has 0 unspecified atom stereocenters. The number of nitrogens with one attached hydrogen (secondary N) is 1. The summed E-state index contributed by atoms with van der Waals surface area (Å²) in [6.07, 6.45) is -0.595. The zero-order valence-electron chi connectivity index (χ0n) is 16.7. The maximum atomic E-state index is 12.9. The molecule has 2 aromatic rings. The summed E-state index contributed by atoms with van der Waals surface area (Å²) in [5.74, 6) is 0. The summed E-state index contributed by atoms with van der Waals surface area (Å²) in [6.45, 7) is 6.23. The van der Waals surface area contributed by atoms with Crippen LogP contribution in [0.3, 0.4) is 0 Å². The van der Waals surface area contributed by atoms with Gasteiger partial charge in [-0.3, -0.25) is 14.6 Å². The van der Waals surface area contributed by atoms with Gasteiger partial charge in [0, 0.05) is 11.9 Å². The zero-order valence-corrected chi connectivity index (χ0v) is 16.7. The van der Waals surface area contributed by atoms with Crippen LogP contribution in [-0.2, 0) is 17.8 Å². The number of hydrogen-bond acceptors (Lipinski definition) is 5. The molecule has 1 saturated heterocycles. The van der Waals surface area contributed by atoms with Crippen LogP contribution in [0.5, 0.6) is 0 Å². The second-order valence-corrected chi connectivity index (χ2v) is 7.54. The number of nitrogens with zero attached hydrogens (tertiary/aromatic N) is 5. The van der Waals surface area contributed by atoms with E-state index in [1.807, 2.05) is 20.8 Å². The predicted molar refractivity (Wildman–Crippen MR) is 103 cm³/mol. The maximum Gasteiger partial charge on any atom is 0.415 e. The number of carbonyl (C=O) groups is 2. The van der Waals surface area contributed by atoms with Gasteiger partial charge in [0.15, 0.2) is 0 Å². The molecule has 0 spiro atoms. The molecule has 4 heterocycles. The van der Waals surface area contributed by atoms with Crippen molar-refractivity contribution in [3.05, 3.63) is 35.9 Å². The first kappa shape index (κ1) is 20.0. The highest BCUT2D eigenvalue weighted by Crippen LogP contribution is 2.33. The van der Waals surface area contributed by atoms with Gasteiger partial charge in [-0.2, -0.15) is 5.10 Å². The number of carbonyl (C=O) groups excluding carboxylic acids is 2. The van der Waals surface area contributed by atoms with Gasteiger partial charge in [0.05, 0.1) is 42.8 Å². The minimum Gasteiger partial charge on any atom is -0.444 e. The molecule has 1 N–H and O–H groups in total. The molecule has 2 aliphatic heterocycles. The molecular formula is C19H22F2N6O3. The van der Waals surface area contributed by atoms with E-state index in [4.69, 9.17) is 4.74 Å². The number of halogens is 2. The number of anilines is 2. The highest BCUT2D eigenvalue weighted by Gasteiger charge is 2.40. The lowest BCUT2D eigenvalue weighted by Crippen LogP contribution is -2.47.